The van der Waals surface area contributed by atoms with E-state index in [0.717, 1.165) is 36.7 Å². The molecule has 0 spiro atoms. The molecular formula is C15H22N2O. The fourth-order valence-electron chi connectivity index (χ4n) is 2.74. The number of nitrogens with zero attached hydrogens (tertiary/aromatic N) is 2. The fourth-order valence-corrected chi connectivity index (χ4v) is 2.74. The number of aryl methyl sites for hydroxylation is 1. The molecule has 18 heavy (non-hydrogen) atoms. The number of para-hydroxylation sites is 2. The number of aromatic nitrogens is 2. The predicted molar refractivity (Wildman–Crippen MR) is 76.0 cm³/mol. The van der Waals surface area contributed by atoms with Gasteiger partial charge in [-0.1, -0.05) is 38.8 Å². The zero-order valence-electron chi connectivity index (χ0n) is 11.5. The van der Waals surface area contributed by atoms with E-state index >= 15 is 0 Å². The van der Waals surface area contributed by atoms with Crippen LogP contribution >= 0.6 is 0 Å². The first-order chi connectivity index (χ1) is 8.70. The summed E-state index contributed by atoms with van der Waals surface area (Å²) in [5.41, 5.74) is 2.21. The van der Waals surface area contributed by atoms with Gasteiger partial charge in [0.1, 0.15) is 0 Å². The van der Waals surface area contributed by atoms with Crippen molar-refractivity contribution in [1.29, 1.82) is 0 Å². The van der Waals surface area contributed by atoms with Crippen molar-refractivity contribution in [2.75, 3.05) is 0 Å². The van der Waals surface area contributed by atoms with Crippen LogP contribution in [-0.2, 0) is 7.05 Å². The highest BCUT2D eigenvalue weighted by Gasteiger charge is 2.17. The van der Waals surface area contributed by atoms with Crippen LogP contribution in [0.3, 0.4) is 0 Å². The molecular weight excluding hydrogens is 224 g/mol. The maximum Gasteiger partial charge on any atom is 0.329 e. The Morgan fingerprint density at radius 3 is 2.17 bits per heavy atom. The Bertz CT molecular complexity index is 574. The van der Waals surface area contributed by atoms with E-state index in [4.69, 9.17) is 0 Å². The van der Waals surface area contributed by atoms with Crippen molar-refractivity contribution in [3.05, 3.63) is 34.7 Å². The van der Waals surface area contributed by atoms with E-state index < -0.39 is 0 Å². The first-order valence-electron chi connectivity index (χ1n) is 6.86. The zero-order chi connectivity index (χ0) is 13.1. The Morgan fingerprint density at radius 1 is 1.06 bits per heavy atom. The maximum atomic E-state index is 12.4. The van der Waals surface area contributed by atoms with Crippen molar-refractivity contribution in [2.24, 2.45) is 7.05 Å². The van der Waals surface area contributed by atoms with Crippen LogP contribution in [0, 0.1) is 0 Å². The van der Waals surface area contributed by atoms with Gasteiger partial charge < -0.3 is 0 Å². The molecule has 0 N–H and O–H groups in total. The molecule has 2 rings (SSSR count). The second-order valence-corrected chi connectivity index (χ2v) is 4.93. The Hall–Kier alpha value is -1.51. The number of rotatable bonds is 5. The lowest BCUT2D eigenvalue weighted by atomic mass is 10.1. The lowest BCUT2D eigenvalue weighted by molar-refractivity contribution is 0.422. The second kappa shape index (κ2) is 5.42. The third-order valence-corrected chi connectivity index (χ3v) is 3.60. The molecule has 0 saturated heterocycles. The summed E-state index contributed by atoms with van der Waals surface area (Å²) in [6.45, 7) is 4.36. The van der Waals surface area contributed by atoms with Crippen molar-refractivity contribution in [1.82, 2.24) is 9.13 Å². The van der Waals surface area contributed by atoms with E-state index in [1.54, 1.807) is 4.57 Å². The highest BCUT2D eigenvalue weighted by atomic mass is 16.1. The molecule has 0 aliphatic carbocycles. The van der Waals surface area contributed by atoms with Gasteiger partial charge in [-0.2, -0.15) is 0 Å². The Kier molecular flexibility index (Phi) is 3.90. The van der Waals surface area contributed by atoms with E-state index in [9.17, 15) is 4.79 Å². The van der Waals surface area contributed by atoms with Crippen LogP contribution in [0.1, 0.15) is 45.6 Å². The van der Waals surface area contributed by atoms with Crippen LogP contribution in [-0.4, -0.2) is 9.13 Å². The van der Waals surface area contributed by atoms with Gasteiger partial charge in [0.25, 0.3) is 0 Å². The quantitative estimate of drug-likeness (QED) is 0.793. The summed E-state index contributed by atoms with van der Waals surface area (Å²) < 4.78 is 3.75. The molecule has 1 heterocycles. The lowest BCUT2D eigenvalue weighted by Gasteiger charge is -2.17. The van der Waals surface area contributed by atoms with Gasteiger partial charge >= 0.3 is 5.69 Å². The van der Waals surface area contributed by atoms with Crippen LogP contribution in [0.15, 0.2) is 29.1 Å². The molecule has 0 bridgehead atoms. The lowest BCUT2D eigenvalue weighted by Crippen LogP contribution is -2.26. The van der Waals surface area contributed by atoms with Crippen molar-refractivity contribution in [3.8, 4) is 0 Å². The van der Waals surface area contributed by atoms with E-state index in [2.05, 4.69) is 19.9 Å². The molecule has 98 valence electrons. The minimum atomic E-state index is 0.114. The normalized spacial score (nSPS) is 11.6. The van der Waals surface area contributed by atoms with E-state index in [1.165, 1.54) is 0 Å². The second-order valence-electron chi connectivity index (χ2n) is 4.93. The van der Waals surface area contributed by atoms with Crippen molar-refractivity contribution >= 4 is 11.0 Å². The van der Waals surface area contributed by atoms with Gasteiger partial charge in [0.15, 0.2) is 0 Å². The van der Waals surface area contributed by atoms with Gasteiger partial charge in [-0.15, -0.1) is 0 Å². The van der Waals surface area contributed by atoms with Crippen LogP contribution in [0.2, 0.25) is 0 Å². The van der Waals surface area contributed by atoms with Crippen LogP contribution in [0.5, 0.6) is 0 Å². The molecule has 3 heteroatoms. The van der Waals surface area contributed by atoms with Gasteiger partial charge in [-0.25, -0.2) is 4.79 Å². The van der Waals surface area contributed by atoms with Gasteiger partial charge in [0.2, 0.25) is 0 Å². The van der Waals surface area contributed by atoms with Crippen LogP contribution < -0.4 is 5.69 Å². The molecule has 0 unspecified atom stereocenters. The number of hydrogen-bond donors (Lipinski definition) is 0. The molecule has 1 aromatic carbocycles. The summed E-state index contributed by atoms with van der Waals surface area (Å²) in [6.07, 6.45) is 4.37. The van der Waals surface area contributed by atoms with Gasteiger partial charge in [-0.05, 0) is 25.0 Å². The first kappa shape index (κ1) is 12.9. The smallest absolute Gasteiger partial charge is 0.295 e. The maximum absolute atomic E-state index is 12.4. The summed E-state index contributed by atoms with van der Waals surface area (Å²) in [7, 11) is 1.86. The largest absolute Gasteiger partial charge is 0.329 e. The topological polar surface area (TPSA) is 26.9 Å². The van der Waals surface area contributed by atoms with Gasteiger partial charge in [0.05, 0.1) is 11.0 Å². The van der Waals surface area contributed by atoms with Crippen molar-refractivity contribution in [3.63, 3.8) is 0 Å². The van der Waals surface area contributed by atoms with E-state index in [1.807, 2.05) is 29.8 Å². The summed E-state index contributed by atoms with van der Waals surface area (Å²) in [6, 6.07) is 8.39. The Labute approximate surface area is 108 Å². The van der Waals surface area contributed by atoms with Crippen LogP contribution in [0.4, 0.5) is 0 Å². The molecule has 0 saturated carbocycles. The molecule has 0 aliphatic rings. The molecule has 0 amide bonds. The molecule has 0 aliphatic heterocycles. The predicted octanol–water partition coefficient (Wildman–Crippen LogP) is 3.48. The Balaban J connectivity index is 2.61. The zero-order valence-corrected chi connectivity index (χ0v) is 11.5. The number of fused-ring (bicyclic) bond motifs is 1. The molecule has 2 aromatic rings. The molecule has 1 aromatic heterocycles. The number of hydrogen-bond acceptors (Lipinski definition) is 1. The average Bonchev–Trinajstić information content (AvgIpc) is 2.63. The van der Waals surface area contributed by atoms with Crippen LogP contribution in [0.25, 0.3) is 11.0 Å². The van der Waals surface area contributed by atoms with Crippen molar-refractivity contribution < 1.29 is 0 Å². The molecule has 0 radical (unpaired) electrons. The molecule has 0 atom stereocenters. The minimum absolute atomic E-state index is 0.114. The summed E-state index contributed by atoms with van der Waals surface area (Å²) in [4.78, 5) is 12.4. The number of benzene rings is 1. The SMILES string of the molecule is CCCC(CCC)n1c(=O)n(C)c2ccccc21. The highest BCUT2D eigenvalue weighted by molar-refractivity contribution is 5.76. The summed E-state index contributed by atoms with van der Waals surface area (Å²) >= 11 is 0. The summed E-state index contributed by atoms with van der Waals surface area (Å²) in [5.74, 6) is 0. The third-order valence-electron chi connectivity index (χ3n) is 3.60. The van der Waals surface area contributed by atoms with E-state index in [-0.39, 0.29) is 5.69 Å². The van der Waals surface area contributed by atoms with E-state index in [0.29, 0.717) is 6.04 Å². The first-order valence-corrected chi connectivity index (χ1v) is 6.86. The average molecular weight is 246 g/mol. The minimum Gasteiger partial charge on any atom is -0.295 e. The number of imidazole rings is 1. The standard InChI is InChI=1S/C15H22N2O/c1-4-8-12(9-5-2)17-14-11-7-6-10-13(14)16(3)15(17)18/h6-7,10-12H,4-5,8-9H2,1-3H3. The third kappa shape index (κ3) is 2.09. The monoisotopic (exact) mass is 246 g/mol. The molecule has 0 fully saturated rings. The fraction of sp³-hybridized carbons (Fsp3) is 0.533. The highest BCUT2D eigenvalue weighted by Crippen LogP contribution is 2.23. The Morgan fingerprint density at radius 2 is 1.61 bits per heavy atom. The van der Waals surface area contributed by atoms with Crippen molar-refractivity contribution in [2.45, 2.75) is 45.6 Å². The van der Waals surface area contributed by atoms with Gasteiger partial charge in [0, 0.05) is 13.1 Å². The molecule has 3 nitrogen and oxygen atoms in total. The summed E-state index contributed by atoms with van der Waals surface area (Å²) in [5, 5.41) is 0. The van der Waals surface area contributed by atoms with Gasteiger partial charge in [-0.3, -0.25) is 9.13 Å².